The molecule has 0 saturated carbocycles. The highest BCUT2D eigenvalue weighted by molar-refractivity contribution is 7.89. The second-order valence-electron chi connectivity index (χ2n) is 7.63. The molecule has 6 nitrogen and oxygen atoms in total. The Labute approximate surface area is 185 Å². The normalized spacial score (nSPS) is 11.9. The second kappa shape index (κ2) is 8.03. The van der Waals surface area contributed by atoms with Crippen molar-refractivity contribution < 1.29 is 13.2 Å². The highest BCUT2D eigenvalue weighted by Gasteiger charge is 2.20. The maximum Gasteiger partial charge on any atom is 0.238 e. The Morgan fingerprint density at radius 3 is 2.58 bits per heavy atom. The first-order valence-corrected chi connectivity index (χ1v) is 12.2. The van der Waals surface area contributed by atoms with Crippen LogP contribution in [0.15, 0.2) is 53.6 Å². The Bertz CT molecular complexity index is 1420. The summed E-state index contributed by atoms with van der Waals surface area (Å²) in [6, 6.07) is 12.6. The van der Waals surface area contributed by atoms with Crippen LogP contribution in [0.25, 0.3) is 16.1 Å². The molecular weight excluding hydrogens is 430 g/mol. The minimum atomic E-state index is -3.89. The summed E-state index contributed by atoms with van der Waals surface area (Å²) in [4.78, 5) is 19.4. The fourth-order valence-corrected chi connectivity index (χ4v) is 5.45. The number of fused-ring (bicyclic) bond motifs is 1. The maximum atomic E-state index is 13.0. The number of carbonyl (C=O) groups is 1. The van der Waals surface area contributed by atoms with Crippen molar-refractivity contribution in [3.63, 3.8) is 0 Å². The SMILES string of the molecule is Cc1ccc(S(N)(=O)=O)c(-c2ccccc2CCC(=O)c2cnc3sc(C)c(C)n23)c1. The van der Waals surface area contributed by atoms with Crippen LogP contribution in [0.4, 0.5) is 0 Å². The molecule has 0 aliphatic rings. The third-order valence-electron chi connectivity index (χ3n) is 5.47. The van der Waals surface area contributed by atoms with Gasteiger partial charge in [-0.05, 0) is 44.4 Å². The van der Waals surface area contributed by atoms with Crippen molar-refractivity contribution in [1.29, 1.82) is 0 Å². The van der Waals surface area contributed by atoms with Gasteiger partial charge in [-0.3, -0.25) is 9.20 Å². The number of benzene rings is 2. The number of thiazole rings is 1. The molecule has 0 fully saturated rings. The van der Waals surface area contributed by atoms with Gasteiger partial charge < -0.3 is 0 Å². The zero-order valence-electron chi connectivity index (χ0n) is 17.5. The molecule has 2 heterocycles. The van der Waals surface area contributed by atoms with Crippen molar-refractivity contribution >= 4 is 32.1 Å². The molecule has 2 aromatic carbocycles. The van der Waals surface area contributed by atoms with Gasteiger partial charge in [-0.1, -0.05) is 42.0 Å². The second-order valence-corrected chi connectivity index (χ2v) is 10.3. The number of Topliss-reactive ketones (excluding diaryl/α,β-unsaturated/α-hetero) is 1. The lowest BCUT2D eigenvalue weighted by Crippen LogP contribution is -2.14. The van der Waals surface area contributed by atoms with Crippen molar-refractivity contribution in [2.24, 2.45) is 5.14 Å². The first-order chi connectivity index (χ1) is 14.7. The highest BCUT2D eigenvalue weighted by atomic mass is 32.2. The Morgan fingerprint density at radius 1 is 1.10 bits per heavy atom. The minimum Gasteiger partial charge on any atom is -0.292 e. The van der Waals surface area contributed by atoms with Gasteiger partial charge in [0.2, 0.25) is 10.0 Å². The van der Waals surface area contributed by atoms with E-state index in [1.54, 1.807) is 23.6 Å². The lowest BCUT2D eigenvalue weighted by atomic mass is 9.94. The summed E-state index contributed by atoms with van der Waals surface area (Å²) in [6.07, 6.45) is 2.39. The molecule has 0 aliphatic heterocycles. The fourth-order valence-electron chi connectivity index (χ4n) is 3.78. The number of aromatic nitrogens is 2. The van der Waals surface area contributed by atoms with Gasteiger partial charge in [-0.25, -0.2) is 18.5 Å². The van der Waals surface area contributed by atoms with E-state index in [0.717, 1.165) is 32.2 Å². The topological polar surface area (TPSA) is 94.5 Å². The Hall–Kier alpha value is -2.81. The maximum absolute atomic E-state index is 13.0. The van der Waals surface area contributed by atoms with E-state index in [9.17, 15) is 13.2 Å². The van der Waals surface area contributed by atoms with Gasteiger partial charge in [-0.15, -0.1) is 11.3 Å². The van der Waals surface area contributed by atoms with Gasteiger partial charge in [0.05, 0.1) is 11.1 Å². The molecule has 31 heavy (non-hydrogen) atoms. The molecule has 0 spiro atoms. The summed E-state index contributed by atoms with van der Waals surface area (Å²) < 4.78 is 26.2. The molecule has 0 atom stereocenters. The largest absolute Gasteiger partial charge is 0.292 e. The fraction of sp³-hybridized carbons (Fsp3) is 0.217. The molecule has 4 aromatic rings. The van der Waals surface area contributed by atoms with Crippen LogP contribution >= 0.6 is 11.3 Å². The van der Waals surface area contributed by atoms with Crippen LogP contribution in [0.2, 0.25) is 0 Å². The van der Waals surface area contributed by atoms with Crippen molar-refractivity contribution in [3.8, 4) is 11.1 Å². The average Bonchev–Trinajstić information content (AvgIpc) is 3.25. The third-order valence-corrected chi connectivity index (χ3v) is 7.52. The molecule has 160 valence electrons. The Kier molecular flexibility index (Phi) is 5.55. The Balaban J connectivity index is 1.68. The predicted molar refractivity (Wildman–Crippen MR) is 123 cm³/mol. The van der Waals surface area contributed by atoms with E-state index >= 15 is 0 Å². The first kappa shape index (κ1) is 21.4. The highest BCUT2D eigenvalue weighted by Crippen LogP contribution is 2.31. The Morgan fingerprint density at radius 2 is 1.84 bits per heavy atom. The smallest absolute Gasteiger partial charge is 0.238 e. The number of hydrogen-bond acceptors (Lipinski definition) is 5. The average molecular weight is 454 g/mol. The van der Waals surface area contributed by atoms with Crippen molar-refractivity contribution in [1.82, 2.24) is 9.38 Å². The minimum absolute atomic E-state index is 0.000819. The molecule has 0 bridgehead atoms. The van der Waals surface area contributed by atoms with Crippen LogP contribution in [0, 0.1) is 20.8 Å². The number of nitrogens with two attached hydrogens (primary N) is 1. The zero-order valence-corrected chi connectivity index (χ0v) is 19.2. The van der Waals surface area contributed by atoms with E-state index in [4.69, 9.17) is 5.14 Å². The summed E-state index contributed by atoms with van der Waals surface area (Å²) in [6.45, 7) is 5.90. The van der Waals surface area contributed by atoms with Crippen LogP contribution in [0.1, 0.15) is 38.6 Å². The number of rotatable bonds is 6. The van der Waals surface area contributed by atoms with Crippen LogP contribution in [-0.2, 0) is 16.4 Å². The van der Waals surface area contributed by atoms with Gasteiger partial charge >= 0.3 is 0 Å². The summed E-state index contributed by atoms with van der Waals surface area (Å²) in [5.41, 5.74) is 4.75. The number of carbonyl (C=O) groups excluding carboxylic acids is 1. The number of imidazole rings is 1. The van der Waals surface area contributed by atoms with Crippen molar-refractivity contribution in [2.45, 2.75) is 38.5 Å². The van der Waals surface area contributed by atoms with E-state index in [2.05, 4.69) is 4.98 Å². The number of aryl methyl sites for hydroxylation is 4. The predicted octanol–water partition coefficient (Wildman–Crippen LogP) is 4.45. The molecule has 4 rings (SSSR count). The molecule has 0 amide bonds. The number of nitrogens with zero attached hydrogens (tertiary/aromatic N) is 2. The molecule has 8 heteroatoms. The van der Waals surface area contributed by atoms with Crippen LogP contribution in [-0.4, -0.2) is 23.6 Å². The van der Waals surface area contributed by atoms with Gasteiger partial charge in [0.1, 0.15) is 5.69 Å². The molecule has 2 aromatic heterocycles. The van der Waals surface area contributed by atoms with Crippen molar-refractivity contribution in [3.05, 3.63) is 76.1 Å². The summed E-state index contributed by atoms with van der Waals surface area (Å²) >= 11 is 1.57. The molecule has 0 radical (unpaired) electrons. The van der Waals surface area contributed by atoms with E-state index in [1.807, 2.05) is 55.5 Å². The van der Waals surface area contributed by atoms with E-state index < -0.39 is 10.0 Å². The number of ketones is 1. The number of sulfonamides is 1. The van der Waals surface area contributed by atoms with Crippen molar-refractivity contribution in [2.75, 3.05) is 0 Å². The monoisotopic (exact) mass is 453 g/mol. The zero-order chi connectivity index (χ0) is 22.3. The summed E-state index contributed by atoms with van der Waals surface area (Å²) in [5.74, 6) is -0.000819. The molecule has 0 saturated heterocycles. The summed E-state index contributed by atoms with van der Waals surface area (Å²) in [5, 5.41) is 5.46. The lowest BCUT2D eigenvalue weighted by molar-refractivity contribution is 0.0977. The van der Waals surface area contributed by atoms with Gasteiger partial charge in [-0.2, -0.15) is 0 Å². The van der Waals surface area contributed by atoms with E-state index in [0.29, 0.717) is 17.7 Å². The van der Waals surface area contributed by atoms with E-state index in [1.165, 1.54) is 6.07 Å². The van der Waals surface area contributed by atoms with Gasteiger partial charge in [0.25, 0.3) is 0 Å². The lowest BCUT2D eigenvalue weighted by Gasteiger charge is -2.14. The number of hydrogen-bond donors (Lipinski definition) is 1. The van der Waals surface area contributed by atoms with Gasteiger partial charge in [0, 0.05) is 22.6 Å². The first-order valence-electron chi connectivity index (χ1n) is 9.85. The van der Waals surface area contributed by atoms with Crippen LogP contribution < -0.4 is 5.14 Å². The molecule has 0 unspecified atom stereocenters. The van der Waals surface area contributed by atoms with Gasteiger partial charge in [0.15, 0.2) is 10.7 Å². The summed E-state index contributed by atoms with van der Waals surface area (Å²) in [7, 11) is -3.89. The standard InChI is InChI=1S/C23H23N3O3S2/c1-14-8-11-22(31(24,28)29)19(12-14)18-7-5-4-6-17(18)9-10-21(27)20-13-25-23-26(20)15(2)16(3)30-23/h4-8,11-13H,9-10H2,1-3H3,(H2,24,28,29). The third kappa shape index (κ3) is 4.06. The quantitative estimate of drug-likeness (QED) is 0.436. The molecule has 0 aliphatic carbocycles. The van der Waals surface area contributed by atoms with Crippen LogP contribution in [0.3, 0.4) is 0 Å². The number of primary sulfonamides is 1. The van der Waals surface area contributed by atoms with E-state index in [-0.39, 0.29) is 17.1 Å². The molecular formula is C23H23N3O3S2. The molecule has 2 N–H and O–H groups in total. The van der Waals surface area contributed by atoms with Crippen LogP contribution in [0.5, 0.6) is 0 Å².